The lowest BCUT2D eigenvalue weighted by molar-refractivity contribution is -0.130. The van der Waals surface area contributed by atoms with Crippen LogP contribution in [0.3, 0.4) is 0 Å². The van der Waals surface area contributed by atoms with E-state index in [4.69, 9.17) is 10.5 Å². The first-order chi connectivity index (χ1) is 9.65. The van der Waals surface area contributed by atoms with E-state index < -0.39 is 6.10 Å². The number of nitrogens with one attached hydrogen (secondary N) is 1. The van der Waals surface area contributed by atoms with Crippen LogP contribution in [0.4, 0.5) is 0 Å². The second kappa shape index (κ2) is 7.98. The molecule has 2 rings (SSSR count). The van der Waals surface area contributed by atoms with Crippen LogP contribution in [0.15, 0.2) is 42.5 Å². The van der Waals surface area contributed by atoms with Crippen LogP contribution in [-0.2, 0) is 9.53 Å². The van der Waals surface area contributed by atoms with Gasteiger partial charge < -0.3 is 15.8 Å². The Bertz CT molecular complexity index is 604. The molecule has 0 radical (unpaired) electrons. The molecule has 21 heavy (non-hydrogen) atoms. The van der Waals surface area contributed by atoms with Gasteiger partial charge in [-0.25, -0.2) is 0 Å². The van der Waals surface area contributed by atoms with Gasteiger partial charge in [0.1, 0.15) is 6.10 Å². The van der Waals surface area contributed by atoms with Gasteiger partial charge in [-0.3, -0.25) is 4.79 Å². The molecule has 4 nitrogen and oxygen atoms in total. The average Bonchev–Trinajstić information content (AvgIpc) is 2.51. The Morgan fingerprint density at radius 2 is 1.90 bits per heavy atom. The maximum atomic E-state index is 11.9. The van der Waals surface area contributed by atoms with Gasteiger partial charge >= 0.3 is 0 Å². The maximum absolute atomic E-state index is 11.9. The minimum absolute atomic E-state index is 0. The lowest BCUT2D eigenvalue weighted by atomic mass is 10.0. The SMILES string of the molecule is COC(C)C(=O)NC(CN)c1ccc2ccccc2c1.Cl. The van der Waals surface area contributed by atoms with Gasteiger partial charge in [0.25, 0.3) is 0 Å². The molecule has 1 amide bonds. The average molecular weight is 309 g/mol. The summed E-state index contributed by atoms with van der Waals surface area (Å²) in [5.41, 5.74) is 6.79. The van der Waals surface area contributed by atoms with Crippen molar-refractivity contribution >= 4 is 29.1 Å². The van der Waals surface area contributed by atoms with Crippen LogP contribution in [0, 0.1) is 0 Å². The number of rotatable bonds is 5. The molecule has 2 unspecified atom stereocenters. The highest BCUT2D eigenvalue weighted by molar-refractivity contribution is 5.85. The highest BCUT2D eigenvalue weighted by atomic mass is 35.5. The van der Waals surface area contributed by atoms with E-state index in [-0.39, 0.29) is 24.4 Å². The van der Waals surface area contributed by atoms with Gasteiger partial charge in [0.05, 0.1) is 6.04 Å². The second-order valence-electron chi connectivity index (χ2n) is 4.78. The zero-order valence-corrected chi connectivity index (χ0v) is 13.0. The molecule has 0 fully saturated rings. The van der Waals surface area contributed by atoms with E-state index in [2.05, 4.69) is 17.4 Å². The van der Waals surface area contributed by atoms with Crippen molar-refractivity contribution < 1.29 is 9.53 Å². The Kier molecular flexibility index (Phi) is 6.62. The molecule has 0 saturated heterocycles. The number of carbonyl (C=O) groups excluding carboxylic acids is 1. The number of hydrogen-bond acceptors (Lipinski definition) is 3. The third kappa shape index (κ3) is 4.17. The van der Waals surface area contributed by atoms with E-state index in [0.717, 1.165) is 10.9 Å². The molecule has 0 saturated carbocycles. The Balaban J connectivity index is 0.00000220. The second-order valence-corrected chi connectivity index (χ2v) is 4.78. The molecule has 0 aromatic heterocycles. The first-order valence-electron chi connectivity index (χ1n) is 6.67. The predicted molar refractivity (Wildman–Crippen MR) is 87.6 cm³/mol. The number of nitrogens with two attached hydrogens (primary N) is 1. The molecular weight excluding hydrogens is 288 g/mol. The van der Waals surface area contributed by atoms with Crippen molar-refractivity contribution in [1.82, 2.24) is 5.32 Å². The van der Waals surface area contributed by atoms with E-state index in [1.807, 2.05) is 30.3 Å². The molecule has 2 atom stereocenters. The van der Waals surface area contributed by atoms with E-state index in [1.165, 1.54) is 12.5 Å². The standard InChI is InChI=1S/C16H20N2O2.ClH/c1-11(20-2)16(19)18-15(10-17)14-8-7-12-5-3-4-6-13(12)9-14;/h3-9,11,15H,10,17H2,1-2H3,(H,18,19);1H. The van der Waals surface area contributed by atoms with Gasteiger partial charge in [0.15, 0.2) is 0 Å². The highest BCUT2D eigenvalue weighted by Crippen LogP contribution is 2.20. The molecule has 0 heterocycles. The zero-order valence-electron chi connectivity index (χ0n) is 12.2. The lowest BCUT2D eigenvalue weighted by Gasteiger charge is -2.20. The van der Waals surface area contributed by atoms with Crippen molar-refractivity contribution in [2.75, 3.05) is 13.7 Å². The van der Waals surface area contributed by atoms with Crippen LogP contribution in [0.25, 0.3) is 10.8 Å². The van der Waals surface area contributed by atoms with Gasteiger partial charge in [-0.05, 0) is 29.3 Å². The van der Waals surface area contributed by atoms with Gasteiger partial charge in [0.2, 0.25) is 5.91 Å². The Labute approximate surface area is 131 Å². The third-order valence-electron chi connectivity index (χ3n) is 3.45. The number of carbonyl (C=O) groups is 1. The molecule has 0 aliphatic rings. The topological polar surface area (TPSA) is 64.3 Å². The van der Waals surface area contributed by atoms with Crippen LogP contribution < -0.4 is 11.1 Å². The van der Waals surface area contributed by atoms with Crippen molar-refractivity contribution in [3.63, 3.8) is 0 Å². The number of fused-ring (bicyclic) bond motifs is 1. The number of hydrogen-bond donors (Lipinski definition) is 2. The Morgan fingerprint density at radius 1 is 1.24 bits per heavy atom. The molecule has 0 aliphatic carbocycles. The van der Waals surface area contributed by atoms with Gasteiger partial charge in [-0.2, -0.15) is 0 Å². The summed E-state index contributed by atoms with van der Waals surface area (Å²) in [5, 5.41) is 5.22. The molecule has 114 valence electrons. The number of ether oxygens (including phenoxy) is 1. The van der Waals surface area contributed by atoms with Gasteiger partial charge in [0, 0.05) is 13.7 Å². The Hall–Kier alpha value is -1.62. The fourth-order valence-corrected chi connectivity index (χ4v) is 2.10. The predicted octanol–water partition coefficient (Wildman–Crippen LogP) is 2.41. The number of amides is 1. The highest BCUT2D eigenvalue weighted by Gasteiger charge is 2.17. The van der Waals surface area contributed by atoms with Crippen molar-refractivity contribution in [3.8, 4) is 0 Å². The number of benzene rings is 2. The molecule has 0 bridgehead atoms. The summed E-state index contributed by atoms with van der Waals surface area (Å²) >= 11 is 0. The fraction of sp³-hybridized carbons (Fsp3) is 0.312. The first kappa shape index (κ1) is 17.4. The monoisotopic (exact) mass is 308 g/mol. The Morgan fingerprint density at radius 3 is 2.52 bits per heavy atom. The summed E-state index contributed by atoms with van der Waals surface area (Å²) in [6.45, 7) is 2.06. The quantitative estimate of drug-likeness (QED) is 0.891. The minimum Gasteiger partial charge on any atom is -0.372 e. The normalized spacial score (nSPS) is 13.3. The largest absolute Gasteiger partial charge is 0.372 e. The first-order valence-corrected chi connectivity index (χ1v) is 6.67. The van der Waals surface area contributed by atoms with Crippen molar-refractivity contribution in [2.45, 2.75) is 19.1 Å². The minimum atomic E-state index is -0.482. The van der Waals surface area contributed by atoms with E-state index >= 15 is 0 Å². The third-order valence-corrected chi connectivity index (χ3v) is 3.45. The number of methoxy groups -OCH3 is 1. The molecule has 0 spiro atoms. The summed E-state index contributed by atoms with van der Waals surface area (Å²) < 4.78 is 5.01. The zero-order chi connectivity index (χ0) is 14.5. The van der Waals surface area contributed by atoms with Crippen LogP contribution in [-0.4, -0.2) is 25.7 Å². The molecule has 0 aliphatic heterocycles. The molecule has 2 aromatic carbocycles. The van der Waals surface area contributed by atoms with Crippen molar-refractivity contribution in [2.24, 2.45) is 5.73 Å². The lowest BCUT2D eigenvalue weighted by Crippen LogP contribution is -2.39. The van der Waals surface area contributed by atoms with Crippen LogP contribution in [0.5, 0.6) is 0 Å². The van der Waals surface area contributed by atoms with Crippen LogP contribution in [0.1, 0.15) is 18.5 Å². The van der Waals surface area contributed by atoms with Gasteiger partial charge in [-0.15, -0.1) is 12.4 Å². The van der Waals surface area contributed by atoms with E-state index in [9.17, 15) is 4.79 Å². The van der Waals surface area contributed by atoms with Gasteiger partial charge in [-0.1, -0.05) is 36.4 Å². The van der Waals surface area contributed by atoms with E-state index in [0.29, 0.717) is 6.54 Å². The molecule has 5 heteroatoms. The van der Waals surface area contributed by atoms with Crippen LogP contribution >= 0.6 is 12.4 Å². The molecule has 3 N–H and O–H groups in total. The summed E-state index contributed by atoms with van der Waals surface area (Å²) in [6.07, 6.45) is -0.482. The van der Waals surface area contributed by atoms with Crippen molar-refractivity contribution in [3.05, 3.63) is 48.0 Å². The fourth-order valence-electron chi connectivity index (χ4n) is 2.10. The molecule has 2 aromatic rings. The summed E-state index contributed by atoms with van der Waals surface area (Å²) in [5.74, 6) is -0.156. The molecular formula is C16H21ClN2O2. The summed E-state index contributed by atoms with van der Waals surface area (Å²) in [4.78, 5) is 11.9. The maximum Gasteiger partial charge on any atom is 0.249 e. The van der Waals surface area contributed by atoms with Crippen molar-refractivity contribution in [1.29, 1.82) is 0 Å². The van der Waals surface area contributed by atoms with E-state index in [1.54, 1.807) is 6.92 Å². The smallest absolute Gasteiger partial charge is 0.249 e. The summed E-state index contributed by atoms with van der Waals surface area (Å²) in [7, 11) is 1.51. The van der Waals surface area contributed by atoms with Crippen LogP contribution in [0.2, 0.25) is 0 Å². The number of halogens is 1. The summed E-state index contributed by atoms with van der Waals surface area (Å²) in [6, 6.07) is 14.0.